The maximum atomic E-state index is 13.6. The molecule has 0 fully saturated rings. The van der Waals surface area contributed by atoms with Gasteiger partial charge in [0, 0.05) is 0 Å². The Hall–Kier alpha value is -0.790. The molecule has 3 atom stereocenters. The molecule has 0 aliphatic carbocycles. The fourth-order valence-corrected chi connectivity index (χ4v) is 10.8. The molecule has 0 rings (SSSR count). The van der Waals surface area contributed by atoms with E-state index in [1.54, 1.807) is 0 Å². The van der Waals surface area contributed by atoms with Crippen LogP contribution < -0.4 is 0 Å². The summed E-state index contributed by atoms with van der Waals surface area (Å²) < 4.78 is 25.7. The van der Waals surface area contributed by atoms with Crippen LogP contribution in [0, 0.1) is 0 Å². The van der Waals surface area contributed by atoms with Gasteiger partial charge in [-0.25, -0.2) is 4.57 Å². The highest BCUT2D eigenvalue weighted by atomic mass is 31.2. The highest BCUT2D eigenvalue weighted by Crippen LogP contribution is 2.47. The zero-order valence-corrected chi connectivity index (χ0v) is 48.8. The molecule has 416 valence electrons. The average Bonchev–Trinajstić information content (AvgIpc) is 3.33. The van der Waals surface area contributed by atoms with Gasteiger partial charge >= 0.3 is 7.82 Å². The first kappa shape index (κ1) is 69.2. The molecule has 7 nitrogen and oxygen atoms in total. The van der Waals surface area contributed by atoms with Crippen molar-refractivity contribution < 1.29 is 33.2 Å². The number of allylic oxidation sites excluding steroid dienone is 5. The number of unbranched alkanes of at least 4 members (excludes halogenated alkanes) is 37. The number of phosphoric ester groups is 1. The van der Waals surface area contributed by atoms with Crippen molar-refractivity contribution >= 4 is 7.82 Å². The average molecular weight is 1010 g/mol. The Bertz CT molecular complexity index is 1230. The molecule has 0 radical (unpaired) electrons. The second-order valence-corrected chi connectivity index (χ2v) is 23.9. The summed E-state index contributed by atoms with van der Waals surface area (Å²) in [5.41, 5.74) is 2.66. The van der Waals surface area contributed by atoms with E-state index in [-0.39, 0.29) is 0 Å². The van der Waals surface area contributed by atoms with Crippen molar-refractivity contribution in [1.29, 1.82) is 0 Å². The van der Waals surface area contributed by atoms with Crippen molar-refractivity contribution in [1.82, 2.24) is 0 Å². The molecule has 8 heteroatoms. The van der Waals surface area contributed by atoms with Crippen LogP contribution in [-0.2, 0) is 13.6 Å². The van der Waals surface area contributed by atoms with Crippen LogP contribution in [0.4, 0.5) is 0 Å². The van der Waals surface area contributed by atoms with Crippen molar-refractivity contribution in [3.8, 4) is 0 Å². The third-order valence-corrected chi connectivity index (χ3v) is 15.2. The molecule has 0 aliphatic heterocycles. The molecule has 0 aromatic carbocycles. The SMILES string of the molecule is CCCCCCCC/C=C\CCCCCCCCC(CCCCCCCCCCCCCCCC)=C(CCCCCCCC/C=C\CCCCCCCC)C(C[N+](C)(C)C)OP(=O)(O)OC[C@H](O)CO. The molecular formula is C62H123NO6P+. The highest BCUT2D eigenvalue weighted by Gasteiger charge is 2.34. The smallest absolute Gasteiger partial charge is 0.394 e. The molecule has 3 N–H and O–H groups in total. The number of rotatable bonds is 56. The molecule has 0 saturated heterocycles. The number of hydrogen-bond acceptors (Lipinski definition) is 5. The Labute approximate surface area is 437 Å². The van der Waals surface area contributed by atoms with Gasteiger partial charge < -0.3 is 19.6 Å². The van der Waals surface area contributed by atoms with Crippen molar-refractivity contribution in [2.24, 2.45) is 0 Å². The minimum absolute atomic E-state index is 0.448. The predicted octanol–water partition coefficient (Wildman–Crippen LogP) is 19.6. The van der Waals surface area contributed by atoms with E-state index in [0.29, 0.717) is 11.0 Å². The third-order valence-electron chi connectivity index (χ3n) is 14.2. The summed E-state index contributed by atoms with van der Waals surface area (Å²) in [5, 5.41) is 19.4. The number of quaternary nitrogens is 1. The largest absolute Gasteiger partial charge is 0.473 e. The van der Waals surface area contributed by atoms with Crippen LogP contribution >= 0.6 is 7.82 Å². The zero-order valence-electron chi connectivity index (χ0n) is 47.9. The van der Waals surface area contributed by atoms with E-state index < -0.39 is 33.2 Å². The lowest BCUT2D eigenvalue weighted by molar-refractivity contribution is -0.872. The van der Waals surface area contributed by atoms with Crippen molar-refractivity contribution in [3.05, 3.63) is 35.5 Å². The zero-order chi connectivity index (χ0) is 51.5. The Morgan fingerprint density at radius 1 is 0.457 bits per heavy atom. The molecule has 70 heavy (non-hydrogen) atoms. The third kappa shape index (κ3) is 49.4. The maximum Gasteiger partial charge on any atom is 0.473 e. The topological polar surface area (TPSA) is 96.2 Å². The number of aliphatic hydroxyl groups excluding tert-OH is 2. The molecule has 0 aromatic heterocycles. The van der Waals surface area contributed by atoms with E-state index in [1.165, 1.54) is 255 Å². The minimum atomic E-state index is -4.52. The van der Waals surface area contributed by atoms with Crippen LogP contribution in [0.25, 0.3) is 0 Å². The molecule has 0 amide bonds. The molecule has 0 saturated carbocycles. The maximum absolute atomic E-state index is 13.6. The molecule has 0 aliphatic rings. The quantitative estimate of drug-likeness (QED) is 0.0243. The van der Waals surface area contributed by atoms with Crippen LogP contribution in [-0.4, -0.2) is 72.7 Å². The van der Waals surface area contributed by atoms with Crippen LogP contribution in [0.2, 0.25) is 0 Å². The minimum Gasteiger partial charge on any atom is -0.394 e. The van der Waals surface area contributed by atoms with Crippen molar-refractivity contribution in [2.45, 2.75) is 322 Å². The standard InChI is InChI=1S/C62H122NO6P/c1-7-10-13-16-19-22-25-28-31-33-36-39-42-45-48-51-54-59(53-50-47-44-41-38-35-30-27-24-21-18-15-12-9-3)61(62(56-63(4,5)6)69-70(66,67)68-58-60(65)57-64)55-52-49-46-43-40-37-34-32-29-26-23-20-17-14-11-8-2/h28-29,31-32,60,62,64-65H,7-27,30,33-58H2,1-6H3/p+1/b31-28-,32-29-,61-59?/t60-,62?/m1/s1. The van der Waals surface area contributed by atoms with Crippen LogP contribution in [0.5, 0.6) is 0 Å². The molecule has 0 bridgehead atoms. The van der Waals surface area contributed by atoms with Gasteiger partial charge in [-0.3, -0.25) is 9.05 Å². The van der Waals surface area contributed by atoms with Gasteiger partial charge in [-0.1, -0.05) is 250 Å². The summed E-state index contributed by atoms with van der Waals surface area (Å²) in [7, 11) is 1.84. The Morgan fingerprint density at radius 2 is 0.743 bits per heavy atom. The first-order valence-corrected chi connectivity index (χ1v) is 32.2. The fourth-order valence-electron chi connectivity index (χ4n) is 9.82. The van der Waals surface area contributed by atoms with Gasteiger partial charge in [-0.2, -0.15) is 0 Å². The molecule has 2 unspecified atom stereocenters. The highest BCUT2D eigenvalue weighted by molar-refractivity contribution is 7.47. The first-order chi connectivity index (χ1) is 34.0. The number of phosphoric acid groups is 1. The number of aliphatic hydroxyl groups is 2. The summed E-state index contributed by atoms with van der Waals surface area (Å²) in [4.78, 5) is 11.1. The van der Waals surface area contributed by atoms with E-state index in [4.69, 9.17) is 9.05 Å². The Morgan fingerprint density at radius 3 is 1.04 bits per heavy atom. The van der Waals surface area contributed by atoms with E-state index >= 15 is 0 Å². The number of hydrogen-bond donors (Lipinski definition) is 3. The number of likely N-dealkylation sites (N-methyl/N-ethyl adjacent to an activating group) is 1. The van der Waals surface area contributed by atoms with Gasteiger partial charge in [-0.05, 0) is 95.5 Å². The van der Waals surface area contributed by atoms with E-state index in [0.717, 1.165) is 44.9 Å². The molecule has 0 aromatic rings. The molecule has 0 heterocycles. The predicted molar refractivity (Wildman–Crippen MR) is 307 cm³/mol. The van der Waals surface area contributed by atoms with Gasteiger partial charge in [0.25, 0.3) is 0 Å². The normalized spacial score (nSPS) is 14.5. The second-order valence-electron chi connectivity index (χ2n) is 22.5. The fraction of sp³-hybridized carbons (Fsp3) is 0.903. The van der Waals surface area contributed by atoms with Crippen LogP contribution in [0.1, 0.15) is 310 Å². The van der Waals surface area contributed by atoms with Crippen LogP contribution in [0.15, 0.2) is 35.5 Å². The van der Waals surface area contributed by atoms with Gasteiger partial charge in [0.15, 0.2) is 0 Å². The van der Waals surface area contributed by atoms with Gasteiger partial charge in [-0.15, -0.1) is 0 Å². The lowest BCUT2D eigenvalue weighted by atomic mass is 9.89. The summed E-state index contributed by atoms with van der Waals surface area (Å²) in [6.07, 6.45) is 65.2. The van der Waals surface area contributed by atoms with E-state index in [9.17, 15) is 19.7 Å². The Balaban J connectivity index is 5.73. The first-order valence-electron chi connectivity index (χ1n) is 30.7. The lowest BCUT2D eigenvalue weighted by Crippen LogP contribution is -2.43. The lowest BCUT2D eigenvalue weighted by Gasteiger charge is -2.33. The van der Waals surface area contributed by atoms with Crippen LogP contribution in [0.3, 0.4) is 0 Å². The molecular weight excluding hydrogens is 886 g/mol. The summed E-state index contributed by atoms with van der Waals surface area (Å²) in [6, 6.07) is 0. The van der Waals surface area contributed by atoms with Gasteiger partial charge in [0.05, 0.1) is 34.4 Å². The van der Waals surface area contributed by atoms with Gasteiger partial charge in [0.2, 0.25) is 0 Å². The van der Waals surface area contributed by atoms with E-state index in [2.05, 4.69) is 66.2 Å². The van der Waals surface area contributed by atoms with Crippen molar-refractivity contribution in [3.63, 3.8) is 0 Å². The number of nitrogens with zero attached hydrogens (tertiary/aromatic N) is 1. The van der Waals surface area contributed by atoms with Gasteiger partial charge in [0.1, 0.15) is 18.8 Å². The molecule has 0 spiro atoms. The monoisotopic (exact) mass is 1010 g/mol. The summed E-state index contributed by atoms with van der Waals surface area (Å²) in [6.45, 7) is 6.42. The van der Waals surface area contributed by atoms with E-state index in [1.807, 2.05) is 0 Å². The second kappa shape index (κ2) is 51.7. The summed E-state index contributed by atoms with van der Waals surface area (Å²) >= 11 is 0. The summed E-state index contributed by atoms with van der Waals surface area (Å²) in [5.74, 6) is 0. The Kier molecular flexibility index (Phi) is 51.1. The van der Waals surface area contributed by atoms with Crippen molar-refractivity contribution in [2.75, 3.05) is 40.9 Å².